The lowest BCUT2D eigenvalue weighted by Gasteiger charge is -2.11. The first-order chi connectivity index (χ1) is 10.8. The number of para-hydroxylation sites is 1. The minimum Gasteiger partial charge on any atom is -0.383 e. The van der Waals surface area contributed by atoms with Gasteiger partial charge in [-0.05, 0) is 24.3 Å². The standard InChI is InChI=1S/C17H16BrN3O/c1-22-10-9-19-17-14-7-2-3-8-15(14)20-16(21-17)12-5-4-6-13(18)11-12/h2-8,11H,9-10H2,1H3,(H,19,20,21). The summed E-state index contributed by atoms with van der Waals surface area (Å²) >= 11 is 3.49. The van der Waals surface area contributed by atoms with Crippen LogP contribution in [0, 0.1) is 0 Å². The molecular formula is C17H16BrN3O. The summed E-state index contributed by atoms with van der Waals surface area (Å²) in [4.78, 5) is 9.36. The Morgan fingerprint density at radius 3 is 2.77 bits per heavy atom. The minimum absolute atomic E-state index is 0.630. The van der Waals surface area contributed by atoms with E-state index in [0.717, 1.165) is 26.8 Å². The van der Waals surface area contributed by atoms with Crippen molar-refractivity contribution in [2.24, 2.45) is 0 Å². The van der Waals surface area contributed by atoms with E-state index in [-0.39, 0.29) is 0 Å². The van der Waals surface area contributed by atoms with Crippen LogP contribution in [-0.2, 0) is 4.74 Å². The van der Waals surface area contributed by atoms with Gasteiger partial charge in [0.2, 0.25) is 0 Å². The summed E-state index contributed by atoms with van der Waals surface area (Å²) in [6.07, 6.45) is 0. The number of nitrogens with zero attached hydrogens (tertiary/aromatic N) is 2. The molecule has 112 valence electrons. The lowest BCUT2D eigenvalue weighted by molar-refractivity contribution is 0.210. The number of nitrogens with one attached hydrogen (secondary N) is 1. The lowest BCUT2D eigenvalue weighted by Crippen LogP contribution is -2.10. The van der Waals surface area contributed by atoms with Crippen LogP contribution in [0.15, 0.2) is 53.0 Å². The van der Waals surface area contributed by atoms with Crippen LogP contribution in [0.5, 0.6) is 0 Å². The molecule has 22 heavy (non-hydrogen) atoms. The monoisotopic (exact) mass is 357 g/mol. The topological polar surface area (TPSA) is 47.0 Å². The second-order valence-corrected chi connectivity index (χ2v) is 5.76. The third-order valence-electron chi connectivity index (χ3n) is 3.28. The van der Waals surface area contributed by atoms with E-state index in [1.807, 2.05) is 48.5 Å². The fraction of sp³-hybridized carbons (Fsp3) is 0.176. The van der Waals surface area contributed by atoms with E-state index in [0.29, 0.717) is 19.0 Å². The summed E-state index contributed by atoms with van der Waals surface area (Å²) in [5, 5.41) is 4.34. The van der Waals surface area contributed by atoms with Gasteiger partial charge in [0.25, 0.3) is 0 Å². The molecule has 5 heteroatoms. The van der Waals surface area contributed by atoms with Crippen LogP contribution in [0.4, 0.5) is 5.82 Å². The molecule has 0 unspecified atom stereocenters. The van der Waals surface area contributed by atoms with E-state index in [1.165, 1.54) is 0 Å². The average Bonchev–Trinajstić information content (AvgIpc) is 2.55. The molecule has 4 nitrogen and oxygen atoms in total. The normalized spacial score (nSPS) is 10.8. The van der Waals surface area contributed by atoms with E-state index < -0.39 is 0 Å². The zero-order chi connectivity index (χ0) is 15.4. The minimum atomic E-state index is 0.630. The van der Waals surface area contributed by atoms with Crippen molar-refractivity contribution >= 4 is 32.7 Å². The number of ether oxygens (including phenoxy) is 1. The van der Waals surface area contributed by atoms with Gasteiger partial charge < -0.3 is 10.1 Å². The molecule has 0 aliphatic heterocycles. The molecule has 0 atom stereocenters. The highest BCUT2D eigenvalue weighted by atomic mass is 79.9. The Morgan fingerprint density at radius 1 is 1.09 bits per heavy atom. The number of benzene rings is 2. The number of halogens is 1. The van der Waals surface area contributed by atoms with Crippen LogP contribution in [0.1, 0.15) is 0 Å². The highest BCUT2D eigenvalue weighted by Crippen LogP contribution is 2.26. The average molecular weight is 358 g/mol. The summed E-state index contributed by atoms with van der Waals surface area (Å²) in [7, 11) is 1.69. The van der Waals surface area contributed by atoms with E-state index in [1.54, 1.807) is 7.11 Å². The Labute approximate surface area is 137 Å². The van der Waals surface area contributed by atoms with Gasteiger partial charge in [-0.25, -0.2) is 9.97 Å². The quantitative estimate of drug-likeness (QED) is 0.697. The van der Waals surface area contributed by atoms with E-state index in [2.05, 4.69) is 31.2 Å². The first kappa shape index (κ1) is 14.9. The first-order valence-electron chi connectivity index (χ1n) is 7.03. The predicted molar refractivity (Wildman–Crippen MR) is 93.0 cm³/mol. The van der Waals surface area contributed by atoms with Gasteiger partial charge in [0, 0.05) is 29.1 Å². The van der Waals surface area contributed by atoms with Crippen LogP contribution in [-0.4, -0.2) is 30.2 Å². The van der Waals surface area contributed by atoms with Gasteiger partial charge in [-0.3, -0.25) is 0 Å². The molecule has 0 radical (unpaired) electrons. The van der Waals surface area contributed by atoms with Gasteiger partial charge in [-0.2, -0.15) is 0 Å². The van der Waals surface area contributed by atoms with Crippen LogP contribution in [0.2, 0.25) is 0 Å². The third-order valence-corrected chi connectivity index (χ3v) is 3.78. The number of anilines is 1. The van der Waals surface area contributed by atoms with Gasteiger partial charge in [-0.15, -0.1) is 0 Å². The maximum atomic E-state index is 5.09. The van der Waals surface area contributed by atoms with E-state index >= 15 is 0 Å². The fourth-order valence-electron chi connectivity index (χ4n) is 2.24. The van der Waals surface area contributed by atoms with Crippen molar-refractivity contribution in [3.05, 3.63) is 53.0 Å². The molecule has 1 N–H and O–H groups in total. The molecule has 0 amide bonds. The van der Waals surface area contributed by atoms with Gasteiger partial charge in [-0.1, -0.05) is 40.2 Å². The van der Waals surface area contributed by atoms with Crippen LogP contribution in [0.3, 0.4) is 0 Å². The zero-order valence-electron chi connectivity index (χ0n) is 12.2. The van der Waals surface area contributed by atoms with Crippen molar-refractivity contribution in [3.63, 3.8) is 0 Å². The molecule has 0 spiro atoms. The molecule has 0 aliphatic rings. The van der Waals surface area contributed by atoms with E-state index in [4.69, 9.17) is 4.74 Å². The van der Waals surface area contributed by atoms with Crippen molar-refractivity contribution in [1.82, 2.24) is 9.97 Å². The molecular weight excluding hydrogens is 342 g/mol. The number of methoxy groups -OCH3 is 1. The van der Waals surface area contributed by atoms with Crippen molar-refractivity contribution in [2.75, 3.05) is 25.6 Å². The number of fused-ring (bicyclic) bond motifs is 1. The van der Waals surface area contributed by atoms with Gasteiger partial charge in [0.05, 0.1) is 12.1 Å². The smallest absolute Gasteiger partial charge is 0.162 e. The summed E-state index contributed by atoms with van der Waals surface area (Å²) in [6, 6.07) is 16.0. The third kappa shape index (κ3) is 3.26. The molecule has 1 aromatic heterocycles. The highest BCUT2D eigenvalue weighted by molar-refractivity contribution is 9.10. The molecule has 0 saturated carbocycles. The number of hydrogen-bond donors (Lipinski definition) is 1. The zero-order valence-corrected chi connectivity index (χ0v) is 13.8. The Bertz CT molecular complexity index is 792. The lowest BCUT2D eigenvalue weighted by atomic mass is 10.2. The maximum absolute atomic E-state index is 5.09. The number of hydrogen-bond acceptors (Lipinski definition) is 4. The molecule has 3 aromatic rings. The van der Waals surface area contributed by atoms with Crippen molar-refractivity contribution in [3.8, 4) is 11.4 Å². The second kappa shape index (κ2) is 6.85. The second-order valence-electron chi connectivity index (χ2n) is 4.84. The largest absolute Gasteiger partial charge is 0.383 e. The molecule has 0 aliphatic carbocycles. The fourth-order valence-corrected chi connectivity index (χ4v) is 2.64. The van der Waals surface area contributed by atoms with Crippen LogP contribution in [0.25, 0.3) is 22.3 Å². The molecule has 2 aromatic carbocycles. The molecule has 0 bridgehead atoms. The van der Waals surface area contributed by atoms with Gasteiger partial charge >= 0.3 is 0 Å². The summed E-state index contributed by atoms with van der Waals surface area (Å²) < 4.78 is 6.10. The highest BCUT2D eigenvalue weighted by Gasteiger charge is 2.09. The van der Waals surface area contributed by atoms with Gasteiger partial charge in [0.15, 0.2) is 5.82 Å². The Hall–Kier alpha value is -1.98. The number of rotatable bonds is 5. The van der Waals surface area contributed by atoms with E-state index in [9.17, 15) is 0 Å². The molecule has 0 saturated heterocycles. The van der Waals surface area contributed by atoms with Crippen LogP contribution >= 0.6 is 15.9 Å². The number of aromatic nitrogens is 2. The Kier molecular flexibility index (Phi) is 4.65. The summed E-state index contributed by atoms with van der Waals surface area (Å²) in [5.41, 5.74) is 1.90. The van der Waals surface area contributed by atoms with Crippen molar-refractivity contribution in [2.45, 2.75) is 0 Å². The summed E-state index contributed by atoms with van der Waals surface area (Å²) in [5.74, 6) is 1.54. The first-order valence-corrected chi connectivity index (χ1v) is 7.83. The Morgan fingerprint density at radius 2 is 1.95 bits per heavy atom. The predicted octanol–water partition coefficient (Wildman–Crippen LogP) is 4.12. The van der Waals surface area contributed by atoms with Crippen molar-refractivity contribution < 1.29 is 4.74 Å². The molecule has 0 fully saturated rings. The maximum Gasteiger partial charge on any atom is 0.162 e. The van der Waals surface area contributed by atoms with Crippen LogP contribution < -0.4 is 5.32 Å². The molecule has 1 heterocycles. The Balaban J connectivity index is 2.07. The molecule has 3 rings (SSSR count). The SMILES string of the molecule is COCCNc1nc(-c2cccc(Br)c2)nc2ccccc12. The summed E-state index contributed by atoms with van der Waals surface area (Å²) in [6.45, 7) is 1.33. The van der Waals surface area contributed by atoms with Gasteiger partial charge in [0.1, 0.15) is 5.82 Å². The van der Waals surface area contributed by atoms with Crippen molar-refractivity contribution in [1.29, 1.82) is 0 Å².